The lowest BCUT2D eigenvalue weighted by atomic mass is 10.1. The molecule has 0 saturated heterocycles. The second-order valence-corrected chi connectivity index (χ2v) is 5.62. The fourth-order valence-corrected chi connectivity index (χ4v) is 2.72. The summed E-state index contributed by atoms with van der Waals surface area (Å²) in [6.07, 6.45) is 1.88. The maximum Gasteiger partial charge on any atom is 0.211 e. The van der Waals surface area contributed by atoms with Gasteiger partial charge in [0.25, 0.3) is 0 Å². The van der Waals surface area contributed by atoms with Crippen LogP contribution in [0.5, 0.6) is 0 Å². The van der Waals surface area contributed by atoms with E-state index in [9.17, 15) is 4.79 Å². The average Bonchev–Trinajstić information content (AvgIpc) is 2.70. The molecule has 0 aliphatic heterocycles. The molecule has 3 aromatic rings. The number of carbonyl (C=O) groups excluding carboxylic acids is 1. The minimum atomic E-state index is -0.123. The summed E-state index contributed by atoms with van der Waals surface area (Å²) < 4.78 is 1.85. The van der Waals surface area contributed by atoms with Gasteiger partial charge in [0.15, 0.2) is 0 Å². The van der Waals surface area contributed by atoms with Crippen LogP contribution in [0, 0.1) is 13.8 Å². The van der Waals surface area contributed by atoms with Crippen LogP contribution in [0.2, 0.25) is 5.02 Å². The number of carbonyl (C=O) groups is 1. The minimum absolute atomic E-state index is 0.123. The van der Waals surface area contributed by atoms with Crippen LogP contribution >= 0.6 is 11.6 Å². The molecule has 2 heterocycles. The lowest BCUT2D eigenvalue weighted by molar-refractivity contribution is 0.103. The van der Waals surface area contributed by atoms with Crippen LogP contribution in [0.3, 0.4) is 0 Å². The third-order valence-electron chi connectivity index (χ3n) is 3.70. The van der Waals surface area contributed by atoms with Gasteiger partial charge in [-0.1, -0.05) is 23.7 Å². The van der Waals surface area contributed by atoms with Gasteiger partial charge in [-0.05, 0) is 49.2 Å². The highest BCUT2D eigenvalue weighted by Gasteiger charge is 2.20. The first kappa shape index (κ1) is 13.7. The number of aromatic nitrogens is 1. The highest BCUT2D eigenvalue weighted by molar-refractivity contribution is 6.31. The number of ketones is 1. The lowest BCUT2D eigenvalue weighted by Gasteiger charge is -2.05. The topological polar surface area (TPSA) is 47.5 Å². The molecular formula is C17H15ClN2O. The zero-order chi connectivity index (χ0) is 15.1. The zero-order valence-electron chi connectivity index (χ0n) is 11.9. The Hall–Kier alpha value is -2.26. The van der Waals surface area contributed by atoms with E-state index in [1.807, 2.05) is 36.6 Å². The largest absolute Gasteiger partial charge is 0.397 e. The number of hydrogen-bond acceptors (Lipinski definition) is 2. The number of fused-ring (bicyclic) bond motifs is 1. The van der Waals surface area contributed by atoms with Gasteiger partial charge in [-0.3, -0.25) is 4.79 Å². The Balaban J connectivity index is 2.25. The summed E-state index contributed by atoms with van der Waals surface area (Å²) in [5.41, 5.74) is 10.7. The third-order valence-corrected chi connectivity index (χ3v) is 3.93. The van der Waals surface area contributed by atoms with Gasteiger partial charge < -0.3 is 10.1 Å². The van der Waals surface area contributed by atoms with Crippen LogP contribution in [-0.4, -0.2) is 10.2 Å². The Morgan fingerprint density at radius 1 is 1.19 bits per heavy atom. The van der Waals surface area contributed by atoms with Gasteiger partial charge in [0.05, 0.1) is 11.2 Å². The molecular weight excluding hydrogens is 284 g/mol. The molecule has 2 N–H and O–H groups in total. The monoisotopic (exact) mass is 298 g/mol. The van der Waals surface area contributed by atoms with Crippen LogP contribution in [0.15, 0.2) is 42.6 Å². The van der Waals surface area contributed by atoms with Crippen molar-refractivity contribution in [3.05, 3.63) is 70.0 Å². The van der Waals surface area contributed by atoms with E-state index in [-0.39, 0.29) is 5.78 Å². The van der Waals surface area contributed by atoms with Gasteiger partial charge in [0.2, 0.25) is 5.78 Å². The van der Waals surface area contributed by atoms with Crippen molar-refractivity contribution >= 4 is 28.6 Å². The molecule has 3 rings (SSSR count). The maximum absolute atomic E-state index is 12.8. The number of nitrogens with zero attached hydrogens (tertiary/aromatic N) is 1. The van der Waals surface area contributed by atoms with Gasteiger partial charge in [-0.25, -0.2) is 0 Å². The highest BCUT2D eigenvalue weighted by Crippen LogP contribution is 2.28. The normalized spacial score (nSPS) is 11.0. The van der Waals surface area contributed by atoms with Crippen LogP contribution in [0.1, 0.15) is 27.2 Å². The first-order valence-corrected chi connectivity index (χ1v) is 7.04. The van der Waals surface area contributed by atoms with Crippen molar-refractivity contribution in [3.8, 4) is 0 Å². The van der Waals surface area contributed by atoms with Crippen LogP contribution in [0.25, 0.3) is 5.52 Å². The molecule has 2 aromatic heterocycles. The minimum Gasteiger partial charge on any atom is -0.397 e. The first-order valence-electron chi connectivity index (χ1n) is 6.66. The van der Waals surface area contributed by atoms with Gasteiger partial charge in [0.1, 0.15) is 5.69 Å². The second-order valence-electron chi connectivity index (χ2n) is 5.19. The molecule has 3 nitrogen and oxygen atoms in total. The summed E-state index contributed by atoms with van der Waals surface area (Å²) in [5.74, 6) is -0.123. The SMILES string of the molecule is Cc1ccn2c(C(=O)c3cccc(Cl)c3)c(N)c(C)c2c1. The number of nitrogen functional groups attached to an aromatic ring is 1. The molecule has 0 amide bonds. The van der Waals surface area contributed by atoms with Gasteiger partial charge in [0, 0.05) is 16.8 Å². The maximum atomic E-state index is 12.8. The van der Waals surface area contributed by atoms with Crippen molar-refractivity contribution < 1.29 is 4.79 Å². The van der Waals surface area contributed by atoms with Gasteiger partial charge in [-0.15, -0.1) is 0 Å². The van der Waals surface area contributed by atoms with Gasteiger partial charge in [-0.2, -0.15) is 0 Å². The van der Waals surface area contributed by atoms with E-state index in [1.54, 1.807) is 24.3 Å². The molecule has 106 valence electrons. The second kappa shape index (κ2) is 4.93. The third kappa shape index (κ3) is 2.20. The number of anilines is 1. The molecule has 0 aliphatic carbocycles. The standard InChI is InChI=1S/C17H15ClN2O/c1-10-6-7-20-14(8-10)11(2)15(19)16(20)17(21)12-4-3-5-13(18)9-12/h3-9H,19H2,1-2H3. The number of aryl methyl sites for hydroxylation is 2. The van der Waals surface area contributed by atoms with Crippen molar-refractivity contribution in [1.29, 1.82) is 0 Å². The van der Waals surface area contributed by atoms with E-state index in [4.69, 9.17) is 17.3 Å². The Labute approximate surface area is 128 Å². The van der Waals surface area contributed by atoms with E-state index >= 15 is 0 Å². The first-order chi connectivity index (χ1) is 9.99. The quantitative estimate of drug-likeness (QED) is 0.726. The van der Waals surface area contributed by atoms with Crippen molar-refractivity contribution in [1.82, 2.24) is 4.40 Å². The molecule has 21 heavy (non-hydrogen) atoms. The molecule has 0 saturated carbocycles. The Kier molecular flexibility index (Phi) is 3.22. The average molecular weight is 299 g/mol. The predicted octanol–water partition coefficient (Wildman–Crippen LogP) is 4.02. The molecule has 0 spiro atoms. The highest BCUT2D eigenvalue weighted by atomic mass is 35.5. The molecule has 0 atom stereocenters. The Bertz CT molecular complexity index is 865. The smallest absolute Gasteiger partial charge is 0.211 e. The lowest BCUT2D eigenvalue weighted by Crippen LogP contribution is -2.08. The number of rotatable bonds is 2. The molecule has 0 bridgehead atoms. The fourth-order valence-electron chi connectivity index (χ4n) is 2.53. The summed E-state index contributed by atoms with van der Waals surface area (Å²) in [5, 5.41) is 0.535. The summed E-state index contributed by atoms with van der Waals surface area (Å²) in [7, 11) is 0. The summed E-state index contributed by atoms with van der Waals surface area (Å²) in [6, 6.07) is 10.9. The van der Waals surface area contributed by atoms with Crippen LogP contribution in [0.4, 0.5) is 5.69 Å². The van der Waals surface area contributed by atoms with Crippen LogP contribution < -0.4 is 5.73 Å². The van der Waals surface area contributed by atoms with E-state index in [0.29, 0.717) is 22.0 Å². The predicted molar refractivity (Wildman–Crippen MR) is 86.2 cm³/mol. The zero-order valence-corrected chi connectivity index (χ0v) is 12.6. The van der Waals surface area contributed by atoms with Crippen molar-refractivity contribution in [2.24, 2.45) is 0 Å². The van der Waals surface area contributed by atoms with Crippen molar-refractivity contribution in [2.45, 2.75) is 13.8 Å². The molecule has 0 aliphatic rings. The Morgan fingerprint density at radius 2 is 1.95 bits per heavy atom. The van der Waals surface area contributed by atoms with E-state index in [0.717, 1.165) is 16.6 Å². The van der Waals surface area contributed by atoms with Crippen LogP contribution in [-0.2, 0) is 0 Å². The number of hydrogen-bond donors (Lipinski definition) is 1. The molecule has 0 radical (unpaired) electrons. The van der Waals surface area contributed by atoms with E-state index in [1.165, 1.54) is 0 Å². The fraction of sp³-hybridized carbons (Fsp3) is 0.118. The summed E-state index contributed by atoms with van der Waals surface area (Å²) in [6.45, 7) is 3.94. The number of halogens is 1. The number of pyridine rings is 1. The number of nitrogens with two attached hydrogens (primary N) is 1. The van der Waals surface area contributed by atoms with Gasteiger partial charge >= 0.3 is 0 Å². The molecule has 4 heteroatoms. The van der Waals surface area contributed by atoms with Crippen molar-refractivity contribution in [3.63, 3.8) is 0 Å². The molecule has 0 unspecified atom stereocenters. The number of benzene rings is 1. The summed E-state index contributed by atoms with van der Waals surface area (Å²) in [4.78, 5) is 12.8. The molecule has 1 aromatic carbocycles. The summed E-state index contributed by atoms with van der Waals surface area (Å²) >= 11 is 5.97. The Morgan fingerprint density at radius 3 is 2.67 bits per heavy atom. The van der Waals surface area contributed by atoms with E-state index < -0.39 is 0 Å². The van der Waals surface area contributed by atoms with Crippen molar-refractivity contribution in [2.75, 3.05) is 5.73 Å². The molecule has 0 fully saturated rings. The van der Waals surface area contributed by atoms with E-state index in [2.05, 4.69) is 0 Å².